The van der Waals surface area contributed by atoms with Gasteiger partial charge in [-0.15, -0.1) is 0 Å². The van der Waals surface area contributed by atoms with E-state index in [4.69, 9.17) is 22.1 Å². The highest BCUT2D eigenvalue weighted by Crippen LogP contribution is 2.34. The number of nitrogens with two attached hydrogens (primary N) is 1. The van der Waals surface area contributed by atoms with Crippen molar-refractivity contribution in [1.82, 2.24) is 9.78 Å². The van der Waals surface area contributed by atoms with E-state index in [1.54, 1.807) is 19.1 Å². The molecule has 0 amide bonds. The number of aliphatic imine (C=N–C) groups is 1. The number of rotatable bonds is 5. The molecule has 1 atom stereocenters. The molecule has 0 spiro atoms. The molecule has 0 saturated carbocycles. The minimum Gasteiger partial charge on any atom is -0.465 e. The third-order valence-corrected chi connectivity index (χ3v) is 4.73. The van der Waals surface area contributed by atoms with Gasteiger partial charge in [0.05, 0.1) is 22.9 Å². The van der Waals surface area contributed by atoms with Crippen LogP contribution in [0.4, 0.5) is 13.2 Å². The third kappa shape index (κ3) is 3.80. The van der Waals surface area contributed by atoms with Crippen molar-refractivity contribution in [3.8, 4) is 0 Å². The van der Waals surface area contributed by atoms with Gasteiger partial charge in [0.25, 0.3) is 6.02 Å². The SMILES string of the molecule is C[C@@]1(c2cc(CCc3nn(C(F)F)cc3Cl)ccc2F)CCOC(N)=N1. The summed E-state index contributed by atoms with van der Waals surface area (Å²) in [7, 11) is 0. The molecule has 5 nitrogen and oxygen atoms in total. The summed E-state index contributed by atoms with van der Waals surface area (Å²) >= 11 is 5.95. The van der Waals surface area contributed by atoms with Crippen molar-refractivity contribution in [3.05, 3.63) is 52.1 Å². The maximum atomic E-state index is 14.4. The van der Waals surface area contributed by atoms with E-state index >= 15 is 0 Å². The molecule has 2 heterocycles. The predicted octanol–water partition coefficient (Wildman–Crippen LogP) is 3.81. The summed E-state index contributed by atoms with van der Waals surface area (Å²) in [6, 6.07) is 4.77. The Bertz CT molecular complexity index is 839. The summed E-state index contributed by atoms with van der Waals surface area (Å²) in [5.74, 6) is -0.380. The Kier molecular flexibility index (Phi) is 5.13. The van der Waals surface area contributed by atoms with Crippen LogP contribution < -0.4 is 5.73 Å². The van der Waals surface area contributed by atoms with Crippen LogP contribution in [0.1, 0.15) is 36.7 Å². The summed E-state index contributed by atoms with van der Waals surface area (Å²) < 4.78 is 45.4. The lowest BCUT2D eigenvalue weighted by Crippen LogP contribution is -2.34. The van der Waals surface area contributed by atoms with Gasteiger partial charge in [-0.2, -0.15) is 13.9 Å². The molecule has 1 aliphatic heterocycles. The monoisotopic (exact) mass is 386 g/mol. The molecular weight excluding hydrogens is 369 g/mol. The quantitative estimate of drug-likeness (QED) is 0.849. The Morgan fingerprint density at radius 3 is 2.81 bits per heavy atom. The number of hydrogen-bond acceptors (Lipinski definition) is 4. The minimum absolute atomic E-state index is 0.0351. The van der Waals surface area contributed by atoms with Gasteiger partial charge in [-0.3, -0.25) is 0 Å². The Labute approximate surface area is 153 Å². The van der Waals surface area contributed by atoms with Crippen LogP contribution in [-0.4, -0.2) is 22.4 Å². The number of amidine groups is 1. The smallest absolute Gasteiger partial charge is 0.333 e. The van der Waals surface area contributed by atoms with E-state index in [9.17, 15) is 13.2 Å². The third-order valence-electron chi connectivity index (χ3n) is 4.41. The number of hydrogen-bond donors (Lipinski definition) is 1. The van der Waals surface area contributed by atoms with Gasteiger partial charge in [0.1, 0.15) is 5.82 Å². The normalized spacial score (nSPS) is 20.2. The Balaban J connectivity index is 1.81. The number of alkyl halides is 2. The van der Waals surface area contributed by atoms with Gasteiger partial charge in [0.15, 0.2) is 0 Å². The molecule has 1 aliphatic rings. The van der Waals surface area contributed by atoms with Gasteiger partial charge < -0.3 is 10.5 Å². The van der Waals surface area contributed by atoms with E-state index in [0.717, 1.165) is 11.8 Å². The van der Waals surface area contributed by atoms with Crippen molar-refractivity contribution in [2.45, 2.75) is 38.3 Å². The van der Waals surface area contributed by atoms with Gasteiger partial charge in [-0.05, 0) is 31.4 Å². The number of aryl methyl sites for hydroxylation is 2. The van der Waals surface area contributed by atoms with Gasteiger partial charge in [-0.25, -0.2) is 14.1 Å². The van der Waals surface area contributed by atoms with Gasteiger partial charge in [0, 0.05) is 18.2 Å². The summed E-state index contributed by atoms with van der Waals surface area (Å²) in [5, 5.41) is 3.97. The summed E-state index contributed by atoms with van der Waals surface area (Å²) in [6.45, 7) is -0.586. The van der Waals surface area contributed by atoms with E-state index in [0.29, 0.717) is 41.8 Å². The lowest BCUT2D eigenvalue weighted by molar-refractivity contribution is 0.0562. The van der Waals surface area contributed by atoms with Crippen LogP contribution in [0.5, 0.6) is 0 Å². The number of benzene rings is 1. The Morgan fingerprint density at radius 2 is 2.15 bits per heavy atom. The lowest BCUT2D eigenvalue weighted by atomic mass is 9.87. The fourth-order valence-electron chi connectivity index (χ4n) is 2.96. The zero-order valence-corrected chi connectivity index (χ0v) is 14.8. The molecule has 2 aromatic rings. The van der Waals surface area contributed by atoms with Crippen LogP contribution >= 0.6 is 11.6 Å². The van der Waals surface area contributed by atoms with Crippen LogP contribution in [0.15, 0.2) is 29.4 Å². The van der Waals surface area contributed by atoms with E-state index in [1.807, 2.05) is 0 Å². The summed E-state index contributed by atoms with van der Waals surface area (Å²) in [6.07, 6.45) is 2.42. The topological polar surface area (TPSA) is 65.4 Å². The maximum Gasteiger partial charge on any atom is 0.333 e. The molecule has 2 N–H and O–H groups in total. The molecule has 1 aromatic carbocycles. The molecule has 0 aliphatic carbocycles. The summed E-state index contributed by atoms with van der Waals surface area (Å²) in [4.78, 5) is 4.25. The van der Waals surface area contributed by atoms with Gasteiger partial charge in [-0.1, -0.05) is 23.7 Å². The average molecular weight is 387 g/mol. The van der Waals surface area contributed by atoms with Crippen LogP contribution in [0.3, 0.4) is 0 Å². The molecule has 0 unspecified atom stereocenters. The molecule has 0 bridgehead atoms. The Morgan fingerprint density at radius 1 is 1.38 bits per heavy atom. The number of nitrogens with zero attached hydrogens (tertiary/aromatic N) is 3. The minimum atomic E-state index is -2.74. The maximum absolute atomic E-state index is 14.4. The fourth-order valence-corrected chi connectivity index (χ4v) is 3.19. The second-order valence-corrected chi connectivity index (χ2v) is 6.73. The van der Waals surface area contributed by atoms with Crippen LogP contribution in [0, 0.1) is 5.82 Å². The van der Waals surface area contributed by atoms with Crippen molar-refractivity contribution in [1.29, 1.82) is 0 Å². The largest absolute Gasteiger partial charge is 0.465 e. The first kappa shape index (κ1) is 18.6. The summed E-state index contributed by atoms with van der Waals surface area (Å²) in [5.41, 5.74) is 6.44. The zero-order valence-electron chi connectivity index (χ0n) is 14.1. The first-order valence-electron chi connectivity index (χ1n) is 8.07. The first-order valence-corrected chi connectivity index (χ1v) is 8.45. The van der Waals surface area contributed by atoms with E-state index < -0.39 is 12.1 Å². The van der Waals surface area contributed by atoms with Crippen molar-refractivity contribution in [2.24, 2.45) is 10.7 Å². The van der Waals surface area contributed by atoms with Crippen molar-refractivity contribution in [2.75, 3.05) is 6.61 Å². The average Bonchev–Trinajstić information content (AvgIpc) is 2.95. The zero-order chi connectivity index (χ0) is 18.9. The highest BCUT2D eigenvalue weighted by atomic mass is 35.5. The molecule has 0 saturated heterocycles. The standard InChI is InChI=1S/C17H18ClF3N4O/c1-17(6-7-26-16(22)23-17)11-8-10(2-4-13(11)19)3-5-14-12(18)9-25(24-14)15(20)21/h2,4,8-9,15H,3,5-7H2,1H3,(H2,22,23)/t17-/m0/s1. The van der Waals surface area contributed by atoms with Gasteiger partial charge in [0.2, 0.25) is 0 Å². The van der Waals surface area contributed by atoms with Crippen LogP contribution in [0.25, 0.3) is 0 Å². The number of halogens is 4. The van der Waals surface area contributed by atoms with E-state index in [2.05, 4.69) is 10.1 Å². The van der Waals surface area contributed by atoms with Gasteiger partial charge >= 0.3 is 6.55 Å². The fraction of sp³-hybridized carbons (Fsp3) is 0.412. The highest BCUT2D eigenvalue weighted by molar-refractivity contribution is 6.31. The first-order chi connectivity index (χ1) is 12.3. The van der Waals surface area contributed by atoms with E-state index in [-0.39, 0.29) is 16.9 Å². The lowest BCUT2D eigenvalue weighted by Gasteiger charge is -2.30. The molecule has 9 heteroatoms. The van der Waals surface area contributed by atoms with E-state index in [1.165, 1.54) is 6.07 Å². The number of ether oxygens (including phenoxy) is 1. The van der Waals surface area contributed by atoms with Crippen molar-refractivity contribution >= 4 is 17.6 Å². The van der Waals surface area contributed by atoms with Crippen molar-refractivity contribution in [3.63, 3.8) is 0 Å². The predicted molar refractivity (Wildman–Crippen MR) is 91.8 cm³/mol. The number of aromatic nitrogens is 2. The Hall–Kier alpha value is -2.22. The molecule has 1 aromatic heterocycles. The molecule has 0 radical (unpaired) electrons. The molecule has 140 valence electrons. The molecule has 3 rings (SSSR count). The second kappa shape index (κ2) is 7.19. The molecular formula is C17H18ClF3N4O. The second-order valence-electron chi connectivity index (χ2n) is 6.32. The van der Waals surface area contributed by atoms with Crippen LogP contribution in [0.2, 0.25) is 5.02 Å². The van der Waals surface area contributed by atoms with Crippen molar-refractivity contribution < 1.29 is 17.9 Å². The van der Waals surface area contributed by atoms with Crippen LogP contribution in [-0.2, 0) is 23.1 Å². The molecule has 26 heavy (non-hydrogen) atoms. The highest BCUT2D eigenvalue weighted by Gasteiger charge is 2.32. The molecule has 0 fully saturated rings.